The molecule has 1 aromatic carbocycles. The topological polar surface area (TPSA) is 84.2 Å². The minimum Gasteiger partial charge on any atom is -0.497 e. The van der Waals surface area contributed by atoms with Crippen molar-refractivity contribution in [3.05, 3.63) is 29.5 Å². The molecule has 1 saturated heterocycles. The molecule has 3 heterocycles. The lowest BCUT2D eigenvalue weighted by molar-refractivity contribution is -0.142. The summed E-state index contributed by atoms with van der Waals surface area (Å²) in [6, 6.07) is 5.62. The highest BCUT2D eigenvalue weighted by atomic mass is 16.5. The molecule has 8 nitrogen and oxygen atoms in total. The Morgan fingerprint density at radius 2 is 1.91 bits per heavy atom. The van der Waals surface area contributed by atoms with Crippen molar-refractivity contribution in [1.82, 2.24) is 14.4 Å². The van der Waals surface area contributed by atoms with E-state index >= 15 is 0 Å². The van der Waals surface area contributed by atoms with E-state index in [4.69, 9.17) is 9.47 Å². The van der Waals surface area contributed by atoms with E-state index in [1.54, 1.807) is 12.0 Å². The van der Waals surface area contributed by atoms with Crippen LogP contribution in [0.2, 0.25) is 0 Å². The van der Waals surface area contributed by atoms with Gasteiger partial charge in [0.1, 0.15) is 12.4 Å². The number of carbonyl (C=O) groups is 2. The number of likely N-dealkylation sites (tertiary alicyclic amines) is 1. The Balaban J connectivity index is 1.85. The maximum Gasteiger partial charge on any atom is 0.249 e. The maximum absolute atomic E-state index is 13.1. The quantitative estimate of drug-likeness (QED) is 0.720. The Bertz CT molecular complexity index is 1040. The number of carbonyl (C=O) groups excluding carboxylic acids is 2. The SMILES string of the molecule is CCCC(=O)N1CCC2(CC1)CN(C(=O)COC)[C@@H](CO)c1c2c2ccc(OC)cc2n1C. The number of aliphatic hydroxyl groups is 1. The van der Waals surface area contributed by atoms with E-state index < -0.39 is 6.04 Å². The summed E-state index contributed by atoms with van der Waals surface area (Å²) < 4.78 is 12.7. The lowest BCUT2D eigenvalue weighted by atomic mass is 9.68. The van der Waals surface area contributed by atoms with Crippen LogP contribution in [0, 0.1) is 0 Å². The molecule has 2 aromatic rings. The number of aryl methyl sites for hydroxylation is 1. The van der Waals surface area contributed by atoms with Gasteiger partial charge in [-0.3, -0.25) is 9.59 Å². The van der Waals surface area contributed by atoms with E-state index in [-0.39, 0.29) is 30.4 Å². The number of methoxy groups -OCH3 is 2. The number of benzene rings is 1. The molecule has 0 radical (unpaired) electrons. The molecule has 2 aliphatic heterocycles. The second-order valence-electron chi connectivity index (χ2n) is 9.27. The van der Waals surface area contributed by atoms with Crippen molar-refractivity contribution in [2.75, 3.05) is 47.1 Å². The van der Waals surface area contributed by atoms with E-state index in [1.165, 1.54) is 12.7 Å². The number of nitrogens with zero attached hydrogens (tertiary/aromatic N) is 3. The summed E-state index contributed by atoms with van der Waals surface area (Å²) in [5.41, 5.74) is 2.89. The standard InChI is InChI=1S/C25H35N3O5/c1-5-6-21(30)27-11-9-25(10-12-27)16-28(22(31)15-32-3)20(14-29)24-23(25)18-8-7-17(33-4)13-19(18)26(24)2/h7-8,13,20,29H,5-6,9-12,14-16H2,1-4H3/t20-/m0/s1. The largest absolute Gasteiger partial charge is 0.497 e. The second kappa shape index (κ2) is 9.35. The summed E-state index contributed by atoms with van der Waals surface area (Å²) in [7, 11) is 5.15. The lowest BCUT2D eigenvalue weighted by Gasteiger charge is -2.50. The van der Waals surface area contributed by atoms with Gasteiger partial charge in [-0.2, -0.15) is 0 Å². The third kappa shape index (κ3) is 3.89. The molecular formula is C25H35N3O5. The Hall–Kier alpha value is -2.58. The van der Waals surface area contributed by atoms with Gasteiger partial charge >= 0.3 is 0 Å². The van der Waals surface area contributed by atoms with Gasteiger partial charge in [-0.25, -0.2) is 0 Å². The number of hydrogen-bond donors (Lipinski definition) is 1. The summed E-state index contributed by atoms with van der Waals surface area (Å²) in [4.78, 5) is 29.4. The van der Waals surface area contributed by atoms with Crippen LogP contribution in [0.25, 0.3) is 10.9 Å². The highest BCUT2D eigenvalue weighted by Gasteiger charge is 2.49. The van der Waals surface area contributed by atoms with Crippen LogP contribution in [0.5, 0.6) is 5.75 Å². The number of amides is 2. The van der Waals surface area contributed by atoms with Crippen molar-refractivity contribution in [3.63, 3.8) is 0 Å². The molecule has 180 valence electrons. The van der Waals surface area contributed by atoms with Crippen molar-refractivity contribution in [3.8, 4) is 5.75 Å². The van der Waals surface area contributed by atoms with Crippen LogP contribution >= 0.6 is 0 Å². The Morgan fingerprint density at radius 3 is 2.52 bits per heavy atom. The van der Waals surface area contributed by atoms with Crippen LogP contribution in [0.1, 0.15) is 49.9 Å². The van der Waals surface area contributed by atoms with E-state index in [0.717, 1.165) is 41.6 Å². The van der Waals surface area contributed by atoms with Gasteiger partial charge in [0.2, 0.25) is 11.8 Å². The van der Waals surface area contributed by atoms with Crippen molar-refractivity contribution in [2.24, 2.45) is 7.05 Å². The highest BCUT2D eigenvalue weighted by Crippen LogP contribution is 2.50. The fourth-order valence-electron chi connectivity index (χ4n) is 5.79. The summed E-state index contributed by atoms with van der Waals surface area (Å²) in [6.45, 7) is 3.67. The first-order valence-electron chi connectivity index (χ1n) is 11.7. The zero-order valence-electron chi connectivity index (χ0n) is 20.1. The van der Waals surface area contributed by atoms with Crippen LogP contribution in [0.4, 0.5) is 0 Å². The predicted molar refractivity (Wildman–Crippen MR) is 125 cm³/mol. The number of fused-ring (bicyclic) bond motifs is 4. The van der Waals surface area contributed by atoms with Crippen LogP contribution < -0.4 is 4.74 Å². The van der Waals surface area contributed by atoms with Gasteiger partial charge in [-0.1, -0.05) is 6.92 Å². The summed E-state index contributed by atoms with van der Waals surface area (Å²) in [5.74, 6) is 0.836. The van der Waals surface area contributed by atoms with Gasteiger partial charge in [-0.15, -0.1) is 0 Å². The lowest BCUT2D eigenvalue weighted by Crippen LogP contribution is -2.56. The van der Waals surface area contributed by atoms with Crippen molar-refractivity contribution < 1.29 is 24.2 Å². The molecule has 0 saturated carbocycles. The number of aromatic nitrogens is 1. The molecule has 33 heavy (non-hydrogen) atoms. The molecule has 0 unspecified atom stereocenters. The molecule has 1 aromatic heterocycles. The van der Waals surface area contributed by atoms with E-state index in [2.05, 4.69) is 10.6 Å². The third-order valence-electron chi connectivity index (χ3n) is 7.45. The first kappa shape index (κ1) is 23.6. The smallest absolute Gasteiger partial charge is 0.249 e. The van der Waals surface area contributed by atoms with Gasteiger partial charge in [0.15, 0.2) is 0 Å². The first-order chi connectivity index (χ1) is 15.9. The van der Waals surface area contributed by atoms with E-state index in [1.807, 2.05) is 31.0 Å². The maximum atomic E-state index is 13.1. The average molecular weight is 458 g/mol. The zero-order valence-corrected chi connectivity index (χ0v) is 20.1. The van der Waals surface area contributed by atoms with Crippen molar-refractivity contribution in [2.45, 2.75) is 44.1 Å². The summed E-state index contributed by atoms with van der Waals surface area (Å²) in [5, 5.41) is 11.5. The predicted octanol–water partition coefficient (Wildman–Crippen LogP) is 2.37. The second-order valence-corrected chi connectivity index (χ2v) is 9.27. The van der Waals surface area contributed by atoms with Crippen molar-refractivity contribution >= 4 is 22.7 Å². The Kier molecular flexibility index (Phi) is 6.68. The highest BCUT2D eigenvalue weighted by molar-refractivity contribution is 5.90. The molecule has 4 rings (SSSR count). The van der Waals surface area contributed by atoms with Crippen LogP contribution in [-0.2, 0) is 26.8 Å². The summed E-state index contributed by atoms with van der Waals surface area (Å²) in [6.07, 6.45) is 2.95. The number of ether oxygens (including phenoxy) is 2. The molecular weight excluding hydrogens is 422 g/mol. The third-order valence-corrected chi connectivity index (χ3v) is 7.45. The fourth-order valence-corrected chi connectivity index (χ4v) is 5.79. The number of rotatable bonds is 6. The van der Waals surface area contributed by atoms with Crippen molar-refractivity contribution in [1.29, 1.82) is 0 Å². The van der Waals surface area contributed by atoms with E-state index in [9.17, 15) is 14.7 Å². The molecule has 0 bridgehead atoms. The fraction of sp³-hybridized carbons (Fsp3) is 0.600. The normalized spacial score (nSPS) is 19.7. The molecule has 8 heteroatoms. The van der Waals surface area contributed by atoms with Gasteiger partial charge in [0.05, 0.1) is 25.3 Å². The average Bonchev–Trinajstić information content (AvgIpc) is 3.12. The molecule has 2 aliphatic rings. The molecule has 1 atom stereocenters. The van der Waals surface area contributed by atoms with Gasteiger partial charge in [0, 0.05) is 62.8 Å². The Morgan fingerprint density at radius 1 is 1.18 bits per heavy atom. The minimum absolute atomic E-state index is 0.0270. The number of piperidine rings is 1. The van der Waals surface area contributed by atoms with Crippen LogP contribution in [-0.4, -0.2) is 78.4 Å². The van der Waals surface area contributed by atoms with Gasteiger partial charge < -0.3 is 28.9 Å². The van der Waals surface area contributed by atoms with Gasteiger partial charge in [-0.05, 0) is 37.0 Å². The van der Waals surface area contributed by atoms with Gasteiger partial charge in [0.25, 0.3) is 0 Å². The molecule has 1 N–H and O–H groups in total. The minimum atomic E-state index is -0.448. The van der Waals surface area contributed by atoms with Crippen LogP contribution in [0.15, 0.2) is 18.2 Å². The molecule has 0 aliphatic carbocycles. The molecule has 1 spiro atoms. The number of aliphatic hydroxyl groups excluding tert-OH is 1. The first-order valence-corrected chi connectivity index (χ1v) is 11.7. The zero-order chi connectivity index (χ0) is 23.8. The molecule has 1 fully saturated rings. The van der Waals surface area contributed by atoms with E-state index in [0.29, 0.717) is 26.1 Å². The number of hydrogen-bond acceptors (Lipinski definition) is 5. The van der Waals surface area contributed by atoms with Crippen LogP contribution in [0.3, 0.4) is 0 Å². The monoisotopic (exact) mass is 457 g/mol. The Labute approximate surface area is 195 Å². The summed E-state index contributed by atoms with van der Waals surface area (Å²) >= 11 is 0. The molecule has 2 amide bonds.